The maximum atomic E-state index is 13.8. The van der Waals surface area contributed by atoms with Crippen molar-refractivity contribution in [3.63, 3.8) is 0 Å². The Hall–Kier alpha value is -0.710. The van der Waals surface area contributed by atoms with Crippen LogP contribution in [0.4, 0.5) is 8.78 Å². The zero-order valence-electron chi connectivity index (χ0n) is 11.0. The summed E-state index contributed by atoms with van der Waals surface area (Å²) in [5.74, 6) is -5.00. The molecule has 106 valence electrons. The van der Waals surface area contributed by atoms with E-state index in [0.717, 1.165) is 19.3 Å². The van der Waals surface area contributed by atoms with Crippen molar-refractivity contribution in [2.75, 3.05) is 6.54 Å². The minimum atomic E-state index is -3.67. The highest BCUT2D eigenvalue weighted by Gasteiger charge is 2.58. The number of hydrogen-bond donors (Lipinski definition) is 2. The Morgan fingerprint density at radius 3 is 2.44 bits per heavy atom. The summed E-state index contributed by atoms with van der Waals surface area (Å²) in [6, 6.07) is 0. The minimum absolute atomic E-state index is 0.00323. The lowest BCUT2D eigenvalue weighted by Gasteiger charge is -2.30. The van der Waals surface area contributed by atoms with Crippen molar-refractivity contribution in [1.82, 2.24) is 5.32 Å². The van der Waals surface area contributed by atoms with E-state index < -0.39 is 17.4 Å². The number of rotatable bonds is 7. The maximum Gasteiger partial charge on any atom is 0.352 e. The van der Waals surface area contributed by atoms with Gasteiger partial charge in [-0.3, -0.25) is 4.79 Å². The van der Waals surface area contributed by atoms with Crippen LogP contribution in [0.1, 0.15) is 58.3 Å². The summed E-state index contributed by atoms with van der Waals surface area (Å²) in [6.07, 6.45) is 4.83. The molecule has 0 aromatic heterocycles. The lowest BCUT2D eigenvalue weighted by atomic mass is 9.93. The van der Waals surface area contributed by atoms with E-state index in [2.05, 4.69) is 12.2 Å². The van der Waals surface area contributed by atoms with Crippen molar-refractivity contribution in [2.24, 2.45) is 0 Å². The van der Waals surface area contributed by atoms with Gasteiger partial charge in [-0.1, -0.05) is 39.0 Å². The third kappa shape index (κ3) is 3.40. The first-order valence-electron chi connectivity index (χ1n) is 6.82. The van der Waals surface area contributed by atoms with Gasteiger partial charge in [0.2, 0.25) is 0 Å². The van der Waals surface area contributed by atoms with E-state index in [0.29, 0.717) is 19.3 Å². The smallest absolute Gasteiger partial charge is 0.352 e. The first kappa shape index (κ1) is 15.3. The molecule has 1 rings (SSSR count). The summed E-state index contributed by atoms with van der Waals surface area (Å²) in [5.41, 5.74) is -2.14. The van der Waals surface area contributed by atoms with Gasteiger partial charge in [-0.25, -0.2) is 0 Å². The number of nitrogens with one attached hydrogen (secondary N) is 1. The monoisotopic (exact) mass is 263 g/mol. The van der Waals surface area contributed by atoms with Gasteiger partial charge in [-0.2, -0.15) is 8.78 Å². The molecule has 0 aliphatic heterocycles. The van der Waals surface area contributed by atoms with Crippen molar-refractivity contribution >= 4 is 5.91 Å². The lowest BCUT2D eigenvalue weighted by molar-refractivity contribution is -0.190. The molecule has 0 aromatic carbocycles. The second-order valence-electron chi connectivity index (χ2n) is 5.13. The molecule has 0 unspecified atom stereocenters. The van der Waals surface area contributed by atoms with Crippen LogP contribution in [0, 0.1) is 0 Å². The van der Waals surface area contributed by atoms with Crippen LogP contribution >= 0.6 is 0 Å². The molecule has 0 radical (unpaired) electrons. The number of hydrogen-bond acceptors (Lipinski definition) is 2. The van der Waals surface area contributed by atoms with Crippen LogP contribution in [0.2, 0.25) is 0 Å². The van der Waals surface area contributed by atoms with Crippen LogP contribution in [0.3, 0.4) is 0 Å². The van der Waals surface area contributed by atoms with Crippen molar-refractivity contribution in [2.45, 2.75) is 69.8 Å². The maximum absolute atomic E-state index is 13.8. The summed E-state index contributed by atoms with van der Waals surface area (Å²) in [7, 11) is 0. The number of aliphatic hydroxyl groups is 1. The molecule has 0 heterocycles. The molecular formula is C13H23F2NO2. The quantitative estimate of drug-likeness (QED) is 0.694. The fourth-order valence-electron chi connectivity index (χ4n) is 2.35. The van der Waals surface area contributed by atoms with E-state index in [9.17, 15) is 18.7 Å². The number of alkyl halides is 2. The average molecular weight is 263 g/mol. The van der Waals surface area contributed by atoms with Crippen LogP contribution in [0.25, 0.3) is 0 Å². The molecule has 0 aromatic rings. The van der Waals surface area contributed by atoms with Gasteiger partial charge >= 0.3 is 5.92 Å². The van der Waals surface area contributed by atoms with Crippen LogP contribution in [-0.4, -0.2) is 29.1 Å². The Morgan fingerprint density at radius 2 is 1.89 bits per heavy atom. The molecule has 1 amide bonds. The third-order valence-corrected chi connectivity index (χ3v) is 3.62. The largest absolute Gasteiger partial charge is 0.383 e. The number of carbonyl (C=O) groups is 1. The molecule has 0 atom stereocenters. The molecule has 3 nitrogen and oxygen atoms in total. The Labute approximate surface area is 107 Å². The highest BCUT2D eigenvalue weighted by molar-refractivity contribution is 5.84. The molecule has 1 fully saturated rings. The van der Waals surface area contributed by atoms with E-state index in [1.54, 1.807) is 0 Å². The molecule has 1 aliphatic carbocycles. The SMILES string of the molecule is CCCCCCNC(=O)C(F)(F)C1(O)CCCC1. The minimum Gasteiger partial charge on any atom is -0.383 e. The second kappa shape index (κ2) is 6.45. The fraction of sp³-hybridized carbons (Fsp3) is 0.923. The summed E-state index contributed by atoms with van der Waals surface area (Å²) >= 11 is 0. The van der Waals surface area contributed by atoms with Gasteiger partial charge < -0.3 is 10.4 Å². The number of unbranched alkanes of at least 4 members (excludes halogenated alkanes) is 3. The summed E-state index contributed by atoms with van der Waals surface area (Å²) in [6.45, 7) is 2.31. The molecule has 0 spiro atoms. The Kier molecular flexibility index (Phi) is 5.50. The number of amides is 1. The van der Waals surface area contributed by atoms with Gasteiger partial charge in [0.15, 0.2) is 0 Å². The molecule has 1 saturated carbocycles. The van der Waals surface area contributed by atoms with Gasteiger partial charge in [0.1, 0.15) is 5.60 Å². The van der Waals surface area contributed by atoms with Gasteiger partial charge in [0.25, 0.3) is 5.91 Å². The van der Waals surface area contributed by atoms with Gasteiger partial charge in [0, 0.05) is 6.54 Å². The molecule has 18 heavy (non-hydrogen) atoms. The molecule has 2 N–H and O–H groups in total. The Balaban J connectivity index is 2.39. The Morgan fingerprint density at radius 1 is 1.28 bits per heavy atom. The highest BCUT2D eigenvalue weighted by Crippen LogP contribution is 2.41. The highest BCUT2D eigenvalue weighted by atomic mass is 19.3. The molecule has 5 heteroatoms. The van der Waals surface area contributed by atoms with Crippen molar-refractivity contribution < 1.29 is 18.7 Å². The fourth-order valence-corrected chi connectivity index (χ4v) is 2.35. The third-order valence-electron chi connectivity index (χ3n) is 3.62. The summed E-state index contributed by atoms with van der Waals surface area (Å²) < 4.78 is 27.6. The number of carbonyl (C=O) groups excluding carboxylic acids is 1. The van der Waals surface area contributed by atoms with Crippen LogP contribution in [0.15, 0.2) is 0 Å². The van der Waals surface area contributed by atoms with E-state index >= 15 is 0 Å². The molecule has 0 saturated heterocycles. The van der Waals surface area contributed by atoms with Crippen LogP contribution in [0.5, 0.6) is 0 Å². The first-order valence-corrected chi connectivity index (χ1v) is 6.82. The van der Waals surface area contributed by atoms with E-state index in [1.807, 2.05) is 0 Å². The topological polar surface area (TPSA) is 49.3 Å². The zero-order valence-corrected chi connectivity index (χ0v) is 11.0. The first-order chi connectivity index (χ1) is 8.44. The van der Waals surface area contributed by atoms with Gasteiger partial charge in [0.05, 0.1) is 0 Å². The molecule has 1 aliphatic rings. The summed E-state index contributed by atoms with van der Waals surface area (Å²) in [4.78, 5) is 11.5. The number of halogens is 2. The normalized spacial score (nSPS) is 18.9. The predicted molar refractivity (Wildman–Crippen MR) is 65.5 cm³/mol. The van der Waals surface area contributed by atoms with Crippen molar-refractivity contribution in [3.05, 3.63) is 0 Å². The standard InChI is InChI=1S/C13H23F2NO2/c1-2-3-4-7-10-16-11(17)13(14,15)12(18)8-5-6-9-12/h18H,2-10H2,1H3,(H,16,17). The zero-order chi connectivity index (χ0) is 13.6. The van der Waals surface area contributed by atoms with Crippen LogP contribution in [-0.2, 0) is 4.79 Å². The van der Waals surface area contributed by atoms with Crippen LogP contribution < -0.4 is 5.32 Å². The average Bonchev–Trinajstić information content (AvgIpc) is 2.77. The second-order valence-corrected chi connectivity index (χ2v) is 5.13. The Bertz CT molecular complexity index is 276. The molecular weight excluding hydrogens is 240 g/mol. The summed E-state index contributed by atoms with van der Waals surface area (Å²) in [5, 5.41) is 12.1. The van der Waals surface area contributed by atoms with E-state index in [1.165, 1.54) is 0 Å². The predicted octanol–water partition coefficient (Wildman–Crippen LogP) is 2.62. The lowest BCUT2D eigenvalue weighted by Crippen LogP contribution is -2.56. The van der Waals surface area contributed by atoms with E-state index in [4.69, 9.17) is 0 Å². The van der Waals surface area contributed by atoms with E-state index in [-0.39, 0.29) is 19.4 Å². The molecule has 0 bridgehead atoms. The van der Waals surface area contributed by atoms with Crippen molar-refractivity contribution in [1.29, 1.82) is 0 Å². The van der Waals surface area contributed by atoms with Gasteiger partial charge in [-0.05, 0) is 19.3 Å². The van der Waals surface area contributed by atoms with Crippen molar-refractivity contribution in [3.8, 4) is 0 Å². The van der Waals surface area contributed by atoms with Gasteiger partial charge in [-0.15, -0.1) is 0 Å².